The van der Waals surface area contributed by atoms with E-state index in [-0.39, 0.29) is 11.0 Å². The first-order valence-electron chi connectivity index (χ1n) is 10.3. The molecule has 6 rings (SSSR count). The van der Waals surface area contributed by atoms with Crippen molar-refractivity contribution < 1.29 is 4.79 Å². The van der Waals surface area contributed by atoms with Crippen molar-refractivity contribution in [2.75, 3.05) is 0 Å². The monoisotopic (exact) mass is 447 g/mol. The number of hydrogen-bond acceptors (Lipinski definition) is 2. The van der Waals surface area contributed by atoms with Crippen LogP contribution in [-0.2, 0) is 11.2 Å². The maximum atomic E-state index is 13.6. The summed E-state index contributed by atoms with van der Waals surface area (Å²) in [6.45, 7) is 4.38. The molecule has 144 valence electrons. The molecule has 0 saturated heterocycles. The number of benzene rings is 1. The second-order valence-corrected chi connectivity index (χ2v) is 11.5. The molecule has 0 aromatic heterocycles. The first-order chi connectivity index (χ1) is 12.7. The van der Waals surface area contributed by atoms with E-state index in [1.165, 1.54) is 24.8 Å². The second-order valence-electron chi connectivity index (χ2n) is 10.2. The van der Waals surface area contributed by atoms with Crippen LogP contribution in [0.15, 0.2) is 22.7 Å². The molecule has 1 N–H and O–H groups in total. The molecule has 0 radical (unpaired) electrons. The van der Waals surface area contributed by atoms with Gasteiger partial charge in [-0.3, -0.25) is 4.79 Å². The van der Waals surface area contributed by atoms with E-state index in [0.29, 0.717) is 5.78 Å². The third-order valence-electron chi connectivity index (χ3n) is 7.38. The molecule has 1 aliphatic heterocycles. The third-order valence-corrected chi connectivity index (χ3v) is 8.58. The molecule has 1 aromatic carbocycles. The SMILES string of the molecule is CC1(C)Cc2cc(Cl)c(Br)cc2/C(=C\C(=O)C23CC4CC(CC(C4)C2)C3)N1. The van der Waals surface area contributed by atoms with Gasteiger partial charge in [0.15, 0.2) is 5.78 Å². The van der Waals surface area contributed by atoms with Crippen molar-refractivity contribution in [3.63, 3.8) is 0 Å². The maximum absolute atomic E-state index is 13.6. The first-order valence-corrected chi connectivity index (χ1v) is 11.4. The minimum Gasteiger partial charge on any atom is -0.379 e. The van der Waals surface area contributed by atoms with Crippen molar-refractivity contribution >= 4 is 39.0 Å². The van der Waals surface area contributed by atoms with Gasteiger partial charge in [-0.05, 0) is 110 Å². The van der Waals surface area contributed by atoms with E-state index < -0.39 is 0 Å². The Morgan fingerprint density at radius 3 is 2.33 bits per heavy atom. The van der Waals surface area contributed by atoms with E-state index in [0.717, 1.165) is 64.2 Å². The fourth-order valence-corrected chi connectivity index (χ4v) is 7.28. The number of fused-ring (bicyclic) bond motifs is 1. The zero-order valence-electron chi connectivity index (χ0n) is 16.1. The summed E-state index contributed by atoms with van der Waals surface area (Å²) in [4.78, 5) is 13.6. The van der Waals surface area contributed by atoms with E-state index in [4.69, 9.17) is 11.6 Å². The van der Waals surface area contributed by atoms with E-state index in [2.05, 4.69) is 41.2 Å². The van der Waals surface area contributed by atoms with Crippen LogP contribution in [0.1, 0.15) is 63.5 Å². The predicted octanol–water partition coefficient (Wildman–Crippen LogP) is 6.15. The van der Waals surface area contributed by atoms with E-state index >= 15 is 0 Å². The lowest BCUT2D eigenvalue weighted by molar-refractivity contribution is -0.138. The van der Waals surface area contributed by atoms with Gasteiger partial charge in [0, 0.05) is 32.8 Å². The number of ketones is 1. The first kappa shape index (κ1) is 18.2. The fourth-order valence-electron chi connectivity index (χ4n) is 6.75. The zero-order chi connectivity index (χ0) is 19.0. The number of carbonyl (C=O) groups excluding carboxylic acids is 1. The Hall–Kier alpha value is -0.800. The molecule has 4 heteroatoms. The predicted molar refractivity (Wildman–Crippen MR) is 114 cm³/mol. The van der Waals surface area contributed by atoms with Crippen molar-refractivity contribution in [1.82, 2.24) is 5.32 Å². The number of nitrogens with one attached hydrogen (secondary N) is 1. The van der Waals surface area contributed by atoms with Crippen LogP contribution in [0.25, 0.3) is 5.70 Å². The summed E-state index contributed by atoms with van der Waals surface area (Å²) in [6, 6.07) is 4.12. The molecular formula is C23H27BrClNO. The Morgan fingerprint density at radius 2 is 1.74 bits per heavy atom. The number of carbonyl (C=O) groups is 1. The average Bonchev–Trinajstić information content (AvgIpc) is 2.54. The highest BCUT2D eigenvalue weighted by Gasteiger charge is 2.54. The minimum absolute atomic E-state index is 0.0856. The molecule has 0 unspecified atom stereocenters. The zero-order valence-corrected chi connectivity index (χ0v) is 18.4. The highest BCUT2D eigenvalue weighted by Crippen LogP contribution is 2.60. The van der Waals surface area contributed by atoms with Gasteiger partial charge in [0.05, 0.1) is 5.02 Å². The van der Waals surface area contributed by atoms with Crippen molar-refractivity contribution in [3.05, 3.63) is 38.8 Å². The molecule has 2 nitrogen and oxygen atoms in total. The number of allylic oxidation sites excluding steroid dienone is 1. The van der Waals surface area contributed by atoms with Crippen molar-refractivity contribution in [3.8, 4) is 0 Å². The molecule has 0 atom stereocenters. The topological polar surface area (TPSA) is 29.1 Å². The Kier molecular flexibility index (Phi) is 4.12. The lowest BCUT2D eigenvalue weighted by atomic mass is 9.48. The molecule has 5 aliphatic rings. The Bertz CT molecular complexity index is 821. The van der Waals surface area contributed by atoms with Crippen molar-refractivity contribution in [2.24, 2.45) is 23.2 Å². The molecule has 1 aromatic rings. The quantitative estimate of drug-likeness (QED) is 0.549. The van der Waals surface area contributed by atoms with Crippen LogP contribution in [0.2, 0.25) is 5.02 Å². The summed E-state index contributed by atoms with van der Waals surface area (Å²) in [7, 11) is 0. The lowest BCUT2D eigenvalue weighted by Crippen LogP contribution is -2.50. The number of halogens is 2. The van der Waals surface area contributed by atoms with Crippen LogP contribution < -0.4 is 5.32 Å². The standard InChI is InChI=1S/C23H27BrClNO/c1-22(2)12-16-6-19(25)18(24)7-17(16)20(26-22)8-21(27)23-9-13-3-14(10-23)5-15(4-13)11-23/h6-8,13-15,26H,3-5,9-12H2,1-2H3/b20-8+. The third kappa shape index (κ3) is 3.09. The van der Waals surface area contributed by atoms with Crippen molar-refractivity contribution in [2.45, 2.75) is 64.3 Å². The van der Waals surface area contributed by atoms with Gasteiger partial charge in [-0.2, -0.15) is 0 Å². The number of hydrogen-bond donors (Lipinski definition) is 1. The molecule has 4 bridgehead atoms. The summed E-state index contributed by atoms with van der Waals surface area (Å²) < 4.78 is 0.887. The Balaban J connectivity index is 1.53. The largest absolute Gasteiger partial charge is 0.379 e. The Morgan fingerprint density at radius 1 is 1.15 bits per heavy atom. The lowest BCUT2D eigenvalue weighted by Gasteiger charge is -2.55. The smallest absolute Gasteiger partial charge is 0.163 e. The molecule has 4 saturated carbocycles. The van der Waals surface area contributed by atoms with Crippen LogP contribution in [0.3, 0.4) is 0 Å². The van der Waals surface area contributed by atoms with Gasteiger partial charge in [-0.15, -0.1) is 0 Å². The van der Waals surface area contributed by atoms with Crippen LogP contribution in [0.4, 0.5) is 0 Å². The van der Waals surface area contributed by atoms with Gasteiger partial charge in [-0.1, -0.05) is 11.6 Å². The normalized spacial score (nSPS) is 37.2. The average molecular weight is 449 g/mol. The molecular weight excluding hydrogens is 422 g/mol. The summed E-state index contributed by atoms with van der Waals surface area (Å²) in [5, 5.41) is 4.37. The Labute approximate surface area is 175 Å². The second kappa shape index (κ2) is 6.10. The van der Waals surface area contributed by atoms with Crippen LogP contribution in [-0.4, -0.2) is 11.3 Å². The van der Waals surface area contributed by atoms with E-state index in [9.17, 15) is 4.79 Å². The highest BCUT2D eigenvalue weighted by atomic mass is 79.9. The van der Waals surface area contributed by atoms with Crippen molar-refractivity contribution in [1.29, 1.82) is 0 Å². The molecule has 0 amide bonds. The van der Waals surface area contributed by atoms with Gasteiger partial charge in [0.1, 0.15) is 0 Å². The summed E-state index contributed by atoms with van der Waals surface area (Å²) in [6.07, 6.45) is 10.3. The van der Waals surface area contributed by atoms with Gasteiger partial charge < -0.3 is 5.32 Å². The summed E-state index contributed by atoms with van der Waals surface area (Å²) >= 11 is 9.91. The summed E-state index contributed by atoms with van der Waals surface area (Å²) in [5.41, 5.74) is 3.13. The molecule has 27 heavy (non-hydrogen) atoms. The van der Waals surface area contributed by atoms with E-state index in [1.54, 1.807) is 0 Å². The fraction of sp³-hybridized carbons (Fsp3) is 0.609. The van der Waals surface area contributed by atoms with Crippen LogP contribution in [0, 0.1) is 23.2 Å². The van der Waals surface area contributed by atoms with Crippen LogP contribution in [0.5, 0.6) is 0 Å². The van der Waals surface area contributed by atoms with Gasteiger partial charge in [0.25, 0.3) is 0 Å². The minimum atomic E-state index is -0.0885. The molecule has 1 heterocycles. The number of rotatable bonds is 2. The molecule has 4 aliphatic carbocycles. The van der Waals surface area contributed by atoms with Crippen LogP contribution >= 0.6 is 27.5 Å². The molecule has 0 spiro atoms. The summed E-state index contributed by atoms with van der Waals surface area (Å²) in [5.74, 6) is 2.72. The highest BCUT2D eigenvalue weighted by molar-refractivity contribution is 9.10. The van der Waals surface area contributed by atoms with E-state index in [1.807, 2.05) is 12.1 Å². The maximum Gasteiger partial charge on any atom is 0.163 e. The molecule has 4 fully saturated rings. The van der Waals surface area contributed by atoms with Gasteiger partial charge in [-0.25, -0.2) is 0 Å². The van der Waals surface area contributed by atoms with Gasteiger partial charge in [0.2, 0.25) is 0 Å². The van der Waals surface area contributed by atoms with Gasteiger partial charge >= 0.3 is 0 Å².